The maximum Gasteiger partial charge on any atom is 0.274 e. The van der Waals surface area contributed by atoms with E-state index >= 15 is 0 Å². The molecule has 1 aliphatic rings. The first kappa shape index (κ1) is 12.5. The maximum absolute atomic E-state index is 13.1. The first-order valence-corrected chi connectivity index (χ1v) is 6.31. The topological polar surface area (TPSA) is 80.9 Å². The lowest BCUT2D eigenvalue weighted by Gasteiger charge is -2.14. The van der Waals surface area contributed by atoms with Crippen LogP contribution in [0.25, 0.3) is 0 Å². The fourth-order valence-corrected chi connectivity index (χ4v) is 2.49. The molecule has 5 nitrogen and oxygen atoms in total. The summed E-state index contributed by atoms with van der Waals surface area (Å²) in [6, 6.07) is 4.49. The number of nitrogens with two attached hydrogens (primary N) is 1. The fourth-order valence-electron chi connectivity index (χ4n) is 2.49. The molecule has 20 heavy (non-hydrogen) atoms. The Morgan fingerprint density at radius 2 is 2.15 bits per heavy atom. The highest BCUT2D eigenvalue weighted by atomic mass is 19.1. The number of carbonyl (C=O) groups is 1. The second-order valence-corrected chi connectivity index (χ2v) is 4.70. The van der Waals surface area contributed by atoms with Gasteiger partial charge in [0.05, 0.1) is 6.04 Å². The summed E-state index contributed by atoms with van der Waals surface area (Å²) in [5.74, 6) is -0.519. The Hall–Kier alpha value is -2.50. The number of halogens is 1. The molecule has 1 atom stereocenters. The van der Waals surface area contributed by atoms with E-state index in [9.17, 15) is 9.18 Å². The van der Waals surface area contributed by atoms with E-state index in [0.717, 1.165) is 24.0 Å². The molecule has 1 amide bonds. The Morgan fingerprint density at radius 1 is 1.35 bits per heavy atom. The molecule has 2 aromatic rings. The van der Waals surface area contributed by atoms with Crippen molar-refractivity contribution in [1.29, 1.82) is 0 Å². The zero-order valence-corrected chi connectivity index (χ0v) is 10.6. The number of hydrogen-bond acceptors (Lipinski definition) is 4. The molecule has 1 unspecified atom stereocenters. The van der Waals surface area contributed by atoms with Gasteiger partial charge < -0.3 is 11.1 Å². The van der Waals surface area contributed by atoms with Crippen LogP contribution in [0.5, 0.6) is 0 Å². The largest absolute Gasteiger partial charge is 0.382 e. The summed E-state index contributed by atoms with van der Waals surface area (Å²) in [7, 11) is 0. The van der Waals surface area contributed by atoms with Gasteiger partial charge in [0.25, 0.3) is 5.91 Å². The molecular weight excluding hydrogens is 259 g/mol. The third-order valence-electron chi connectivity index (χ3n) is 3.43. The predicted molar refractivity (Wildman–Crippen MR) is 71.4 cm³/mol. The van der Waals surface area contributed by atoms with Crippen LogP contribution in [0.2, 0.25) is 0 Å². The molecule has 0 bridgehead atoms. The first-order chi connectivity index (χ1) is 9.65. The van der Waals surface area contributed by atoms with Crippen molar-refractivity contribution >= 4 is 11.7 Å². The Balaban J connectivity index is 1.81. The van der Waals surface area contributed by atoms with Crippen molar-refractivity contribution in [3.05, 3.63) is 53.2 Å². The third kappa shape index (κ3) is 2.20. The second kappa shape index (κ2) is 4.88. The van der Waals surface area contributed by atoms with Crippen molar-refractivity contribution in [2.75, 3.05) is 5.73 Å². The number of hydrogen-bond donors (Lipinski definition) is 2. The van der Waals surface area contributed by atoms with Gasteiger partial charge in [0.2, 0.25) is 0 Å². The van der Waals surface area contributed by atoms with E-state index in [1.54, 1.807) is 6.07 Å². The molecule has 0 saturated carbocycles. The van der Waals surface area contributed by atoms with Crippen LogP contribution in [0.4, 0.5) is 10.2 Å². The van der Waals surface area contributed by atoms with Gasteiger partial charge >= 0.3 is 0 Å². The van der Waals surface area contributed by atoms with Gasteiger partial charge in [0, 0.05) is 12.4 Å². The van der Waals surface area contributed by atoms with Gasteiger partial charge in [0.15, 0.2) is 11.5 Å². The average molecular weight is 272 g/mol. The summed E-state index contributed by atoms with van der Waals surface area (Å²) < 4.78 is 13.1. The molecular formula is C14H13FN4O. The van der Waals surface area contributed by atoms with Crippen LogP contribution in [-0.2, 0) is 6.42 Å². The molecule has 0 fully saturated rings. The van der Waals surface area contributed by atoms with Gasteiger partial charge in [-0.2, -0.15) is 0 Å². The number of rotatable bonds is 2. The van der Waals surface area contributed by atoms with Crippen LogP contribution in [0, 0.1) is 5.82 Å². The van der Waals surface area contributed by atoms with E-state index in [0.29, 0.717) is 0 Å². The highest BCUT2D eigenvalue weighted by Gasteiger charge is 2.25. The molecule has 1 aromatic heterocycles. The molecule has 102 valence electrons. The fraction of sp³-hybridized carbons (Fsp3) is 0.214. The summed E-state index contributed by atoms with van der Waals surface area (Å²) >= 11 is 0. The van der Waals surface area contributed by atoms with Gasteiger partial charge in [-0.15, -0.1) is 0 Å². The van der Waals surface area contributed by atoms with Crippen molar-refractivity contribution < 1.29 is 9.18 Å². The molecule has 0 radical (unpaired) electrons. The number of benzene rings is 1. The molecule has 1 aromatic carbocycles. The summed E-state index contributed by atoms with van der Waals surface area (Å²) in [5.41, 5.74) is 7.62. The average Bonchev–Trinajstić information content (AvgIpc) is 2.81. The van der Waals surface area contributed by atoms with Crippen molar-refractivity contribution in [3.8, 4) is 0 Å². The lowest BCUT2D eigenvalue weighted by atomic mass is 10.1. The Bertz CT molecular complexity index is 674. The second-order valence-electron chi connectivity index (χ2n) is 4.70. The number of nitrogen functional groups attached to an aromatic ring is 1. The van der Waals surface area contributed by atoms with Gasteiger partial charge in [-0.1, -0.05) is 6.07 Å². The zero-order chi connectivity index (χ0) is 14.1. The van der Waals surface area contributed by atoms with Crippen LogP contribution in [0.15, 0.2) is 30.6 Å². The van der Waals surface area contributed by atoms with Gasteiger partial charge in [-0.3, -0.25) is 4.79 Å². The van der Waals surface area contributed by atoms with Crippen molar-refractivity contribution in [2.24, 2.45) is 0 Å². The van der Waals surface area contributed by atoms with E-state index < -0.39 is 0 Å². The molecule has 1 heterocycles. The molecule has 0 spiro atoms. The molecule has 0 aliphatic heterocycles. The monoisotopic (exact) mass is 272 g/mol. The minimum Gasteiger partial charge on any atom is -0.382 e. The summed E-state index contributed by atoms with van der Waals surface area (Å²) in [4.78, 5) is 19.9. The maximum atomic E-state index is 13.1. The number of carbonyl (C=O) groups excluding carboxylic acids is 1. The minimum absolute atomic E-state index is 0.0994. The van der Waals surface area contributed by atoms with E-state index in [1.165, 1.54) is 24.5 Å². The standard InChI is InChI=1S/C14H13FN4O/c15-9-2-3-10-8(7-9)1-4-11(10)19-14(20)12-13(16)18-6-5-17-12/h2-3,5-7,11H,1,4H2,(H2,16,18)(H,19,20). The Morgan fingerprint density at radius 3 is 2.95 bits per heavy atom. The van der Waals surface area contributed by atoms with Gasteiger partial charge in [-0.05, 0) is 36.1 Å². The highest BCUT2D eigenvalue weighted by Crippen LogP contribution is 2.31. The lowest BCUT2D eigenvalue weighted by molar-refractivity contribution is 0.0932. The SMILES string of the molecule is Nc1nccnc1C(=O)NC1CCc2cc(F)ccc21. The van der Waals surface area contributed by atoms with E-state index in [4.69, 9.17) is 5.73 Å². The molecule has 6 heteroatoms. The molecule has 0 saturated heterocycles. The number of aryl methyl sites for hydroxylation is 1. The number of fused-ring (bicyclic) bond motifs is 1. The quantitative estimate of drug-likeness (QED) is 0.870. The highest BCUT2D eigenvalue weighted by molar-refractivity contribution is 5.96. The van der Waals surface area contributed by atoms with Crippen LogP contribution >= 0.6 is 0 Å². The van der Waals surface area contributed by atoms with Crippen molar-refractivity contribution in [3.63, 3.8) is 0 Å². The Kier molecular flexibility index (Phi) is 3.06. The summed E-state index contributed by atoms with van der Waals surface area (Å²) in [5, 5.41) is 2.87. The van der Waals surface area contributed by atoms with E-state index in [1.807, 2.05) is 0 Å². The minimum atomic E-state index is -0.363. The third-order valence-corrected chi connectivity index (χ3v) is 3.43. The number of aromatic nitrogens is 2. The van der Waals surface area contributed by atoms with E-state index in [2.05, 4.69) is 15.3 Å². The van der Waals surface area contributed by atoms with Gasteiger partial charge in [0.1, 0.15) is 5.82 Å². The normalized spacial score (nSPS) is 16.8. The molecule has 3 rings (SSSR count). The summed E-state index contributed by atoms with van der Waals surface area (Å²) in [6.45, 7) is 0. The van der Waals surface area contributed by atoms with Crippen LogP contribution in [0.1, 0.15) is 34.1 Å². The zero-order valence-electron chi connectivity index (χ0n) is 10.6. The first-order valence-electron chi connectivity index (χ1n) is 6.31. The van der Waals surface area contributed by atoms with Gasteiger partial charge in [-0.25, -0.2) is 14.4 Å². The lowest BCUT2D eigenvalue weighted by Crippen LogP contribution is -2.28. The smallest absolute Gasteiger partial charge is 0.274 e. The van der Waals surface area contributed by atoms with Crippen molar-refractivity contribution in [1.82, 2.24) is 15.3 Å². The molecule has 3 N–H and O–H groups in total. The van der Waals surface area contributed by atoms with Crippen LogP contribution < -0.4 is 11.1 Å². The predicted octanol–water partition coefficient (Wildman–Crippen LogP) is 1.62. The van der Waals surface area contributed by atoms with Crippen molar-refractivity contribution in [2.45, 2.75) is 18.9 Å². The van der Waals surface area contributed by atoms with Crippen LogP contribution in [-0.4, -0.2) is 15.9 Å². The number of anilines is 1. The van der Waals surface area contributed by atoms with E-state index in [-0.39, 0.29) is 29.3 Å². The van der Waals surface area contributed by atoms with Crippen LogP contribution in [0.3, 0.4) is 0 Å². The summed E-state index contributed by atoms with van der Waals surface area (Å²) in [6.07, 6.45) is 4.34. The number of nitrogens with zero attached hydrogens (tertiary/aromatic N) is 2. The number of amides is 1. The Labute approximate surface area is 115 Å². The molecule has 1 aliphatic carbocycles. The number of nitrogens with one attached hydrogen (secondary N) is 1.